The van der Waals surface area contributed by atoms with Gasteiger partial charge in [0.05, 0.1) is 0 Å². The van der Waals surface area contributed by atoms with E-state index in [2.05, 4.69) is 36.9 Å². The van der Waals surface area contributed by atoms with Gasteiger partial charge in [0.25, 0.3) is 5.91 Å². The summed E-state index contributed by atoms with van der Waals surface area (Å²) in [4.78, 5) is 14.8. The first-order valence-electron chi connectivity index (χ1n) is 9.32. The highest BCUT2D eigenvalue weighted by Crippen LogP contribution is 2.24. The first-order chi connectivity index (χ1) is 12.6. The molecule has 26 heavy (non-hydrogen) atoms. The summed E-state index contributed by atoms with van der Waals surface area (Å²) in [5, 5.41) is 0. The van der Waals surface area contributed by atoms with E-state index in [9.17, 15) is 4.79 Å². The van der Waals surface area contributed by atoms with Crippen molar-refractivity contribution in [2.24, 2.45) is 5.92 Å². The van der Waals surface area contributed by atoms with Crippen molar-refractivity contribution in [1.82, 2.24) is 4.90 Å². The minimum absolute atomic E-state index is 0.101. The molecule has 0 aliphatic carbocycles. The predicted octanol–water partition coefficient (Wildman–Crippen LogP) is 4.74. The van der Waals surface area contributed by atoms with Gasteiger partial charge in [0.15, 0.2) is 0 Å². The largest absolute Gasteiger partial charge is 0.489 e. The Morgan fingerprint density at radius 3 is 2.54 bits per heavy atom. The number of ether oxygens (including phenoxy) is 1. The Kier molecular flexibility index (Phi) is 6.11. The van der Waals surface area contributed by atoms with Gasteiger partial charge in [-0.3, -0.25) is 4.79 Å². The van der Waals surface area contributed by atoms with Gasteiger partial charge in [0.1, 0.15) is 12.4 Å². The van der Waals surface area contributed by atoms with Crippen LogP contribution in [0.3, 0.4) is 0 Å². The van der Waals surface area contributed by atoms with Gasteiger partial charge < -0.3 is 9.64 Å². The Balaban J connectivity index is 1.55. The highest BCUT2D eigenvalue weighted by atomic mass is 16.5. The van der Waals surface area contributed by atoms with Gasteiger partial charge in [-0.05, 0) is 61.4 Å². The summed E-state index contributed by atoms with van der Waals surface area (Å²) in [5.41, 5.74) is 3.05. The molecular formula is C23H27NO2. The Hall–Kier alpha value is -2.55. The van der Waals surface area contributed by atoms with Crippen molar-refractivity contribution in [1.29, 1.82) is 0 Å². The molecule has 1 heterocycles. The summed E-state index contributed by atoms with van der Waals surface area (Å²) in [6, 6.07) is 18.1. The number of hydrogen-bond acceptors (Lipinski definition) is 2. The lowest BCUT2D eigenvalue weighted by Crippen LogP contribution is -2.38. The molecule has 2 aromatic rings. The normalized spacial score (nSPS) is 14.9. The molecule has 0 radical (unpaired) electrons. The number of rotatable bonds is 6. The SMILES string of the molecule is C=C(C)COc1cccc(C(=O)N2CCC(Cc3ccccc3)CC2)c1. The van der Waals surface area contributed by atoms with Crippen LogP contribution in [0, 0.1) is 5.92 Å². The van der Waals surface area contributed by atoms with Crippen LogP contribution in [-0.4, -0.2) is 30.5 Å². The summed E-state index contributed by atoms with van der Waals surface area (Å²) in [6.45, 7) is 7.89. The number of piperidine rings is 1. The van der Waals surface area contributed by atoms with Crippen LogP contribution in [0.2, 0.25) is 0 Å². The van der Waals surface area contributed by atoms with E-state index in [0.29, 0.717) is 18.1 Å². The molecule has 0 aromatic heterocycles. The maximum atomic E-state index is 12.8. The molecule has 0 bridgehead atoms. The summed E-state index contributed by atoms with van der Waals surface area (Å²) in [6.07, 6.45) is 3.23. The number of amides is 1. The van der Waals surface area contributed by atoms with Gasteiger partial charge in [-0.15, -0.1) is 0 Å². The molecule has 136 valence electrons. The van der Waals surface area contributed by atoms with E-state index in [1.54, 1.807) is 0 Å². The molecule has 3 heteroatoms. The Labute approximate surface area is 156 Å². The molecule has 1 fully saturated rings. The second-order valence-electron chi connectivity index (χ2n) is 7.20. The Bertz CT molecular complexity index is 746. The molecular weight excluding hydrogens is 322 g/mol. The van der Waals surface area contributed by atoms with Crippen molar-refractivity contribution in [3.8, 4) is 5.75 Å². The summed E-state index contributed by atoms with van der Waals surface area (Å²) < 4.78 is 5.66. The second-order valence-corrected chi connectivity index (χ2v) is 7.20. The van der Waals surface area contributed by atoms with E-state index in [1.807, 2.05) is 36.1 Å². The molecule has 1 amide bonds. The van der Waals surface area contributed by atoms with Crippen LogP contribution in [0.5, 0.6) is 5.75 Å². The minimum atomic E-state index is 0.101. The van der Waals surface area contributed by atoms with E-state index in [-0.39, 0.29) is 5.91 Å². The predicted molar refractivity (Wildman–Crippen MR) is 106 cm³/mol. The average molecular weight is 349 g/mol. The van der Waals surface area contributed by atoms with Crippen LogP contribution in [0.15, 0.2) is 66.7 Å². The van der Waals surface area contributed by atoms with Crippen molar-refractivity contribution in [2.75, 3.05) is 19.7 Å². The zero-order valence-corrected chi connectivity index (χ0v) is 15.5. The van der Waals surface area contributed by atoms with Crippen LogP contribution in [0.25, 0.3) is 0 Å². The number of nitrogens with zero attached hydrogens (tertiary/aromatic N) is 1. The van der Waals surface area contributed by atoms with Crippen LogP contribution in [-0.2, 0) is 6.42 Å². The third kappa shape index (κ3) is 4.98. The molecule has 1 aliphatic heterocycles. The fourth-order valence-electron chi connectivity index (χ4n) is 3.40. The van der Waals surface area contributed by atoms with Gasteiger partial charge in [-0.25, -0.2) is 0 Å². The van der Waals surface area contributed by atoms with Gasteiger partial charge in [-0.1, -0.05) is 43.0 Å². The van der Waals surface area contributed by atoms with Crippen LogP contribution in [0.1, 0.15) is 35.7 Å². The quantitative estimate of drug-likeness (QED) is 0.705. The molecule has 0 saturated carbocycles. The molecule has 0 spiro atoms. The third-order valence-electron chi connectivity index (χ3n) is 4.84. The van der Waals surface area contributed by atoms with Gasteiger partial charge in [0, 0.05) is 18.7 Å². The van der Waals surface area contributed by atoms with Gasteiger partial charge >= 0.3 is 0 Å². The molecule has 3 nitrogen and oxygen atoms in total. The lowest BCUT2D eigenvalue weighted by atomic mass is 9.90. The summed E-state index contributed by atoms with van der Waals surface area (Å²) >= 11 is 0. The zero-order valence-electron chi connectivity index (χ0n) is 15.5. The molecule has 1 aliphatic rings. The Morgan fingerprint density at radius 2 is 1.85 bits per heavy atom. The maximum absolute atomic E-state index is 12.8. The monoisotopic (exact) mass is 349 g/mol. The van der Waals surface area contributed by atoms with Crippen molar-refractivity contribution in [2.45, 2.75) is 26.2 Å². The lowest BCUT2D eigenvalue weighted by Gasteiger charge is -2.32. The summed E-state index contributed by atoms with van der Waals surface area (Å²) in [7, 11) is 0. The molecule has 0 N–H and O–H groups in total. The topological polar surface area (TPSA) is 29.5 Å². The first-order valence-corrected chi connectivity index (χ1v) is 9.32. The molecule has 0 unspecified atom stereocenters. The van der Waals surface area contributed by atoms with Crippen molar-refractivity contribution in [3.05, 3.63) is 77.9 Å². The number of carbonyl (C=O) groups is 1. The van der Waals surface area contributed by atoms with E-state index < -0.39 is 0 Å². The smallest absolute Gasteiger partial charge is 0.253 e. The highest BCUT2D eigenvalue weighted by molar-refractivity contribution is 5.94. The van der Waals surface area contributed by atoms with E-state index in [0.717, 1.165) is 43.7 Å². The standard InChI is InChI=1S/C23H27NO2/c1-18(2)17-26-22-10-6-9-21(16-22)23(25)24-13-11-20(12-14-24)15-19-7-4-3-5-8-19/h3-10,16,20H,1,11-15,17H2,2H3. The number of carbonyl (C=O) groups excluding carboxylic acids is 1. The third-order valence-corrected chi connectivity index (χ3v) is 4.84. The van der Waals surface area contributed by atoms with Crippen LogP contribution >= 0.6 is 0 Å². The van der Waals surface area contributed by atoms with E-state index in [1.165, 1.54) is 5.56 Å². The first kappa shape index (κ1) is 18.2. The lowest BCUT2D eigenvalue weighted by molar-refractivity contribution is 0.0690. The second kappa shape index (κ2) is 8.70. The van der Waals surface area contributed by atoms with Crippen LogP contribution in [0.4, 0.5) is 0 Å². The highest BCUT2D eigenvalue weighted by Gasteiger charge is 2.24. The Morgan fingerprint density at radius 1 is 1.12 bits per heavy atom. The van der Waals surface area contributed by atoms with E-state index >= 15 is 0 Å². The van der Waals surface area contributed by atoms with Crippen molar-refractivity contribution < 1.29 is 9.53 Å². The van der Waals surface area contributed by atoms with Crippen LogP contribution < -0.4 is 4.74 Å². The number of benzene rings is 2. The molecule has 3 rings (SSSR count). The fraction of sp³-hybridized carbons (Fsp3) is 0.348. The van der Waals surface area contributed by atoms with Crippen molar-refractivity contribution in [3.63, 3.8) is 0 Å². The fourth-order valence-corrected chi connectivity index (χ4v) is 3.40. The molecule has 1 saturated heterocycles. The maximum Gasteiger partial charge on any atom is 0.253 e. The van der Waals surface area contributed by atoms with Gasteiger partial charge in [-0.2, -0.15) is 0 Å². The minimum Gasteiger partial charge on any atom is -0.489 e. The number of hydrogen-bond donors (Lipinski definition) is 0. The average Bonchev–Trinajstić information content (AvgIpc) is 2.67. The number of likely N-dealkylation sites (tertiary alicyclic amines) is 1. The van der Waals surface area contributed by atoms with E-state index in [4.69, 9.17) is 4.74 Å². The van der Waals surface area contributed by atoms with Crippen molar-refractivity contribution >= 4 is 5.91 Å². The summed E-state index contributed by atoms with van der Waals surface area (Å²) in [5.74, 6) is 1.48. The zero-order chi connectivity index (χ0) is 18.4. The van der Waals surface area contributed by atoms with Gasteiger partial charge in [0.2, 0.25) is 0 Å². The molecule has 2 aromatic carbocycles. The molecule has 0 atom stereocenters.